The number of aryl methyl sites for hydroxylation is 1. The Hall–Kier alpha value is -0.710. The maximum absolute atomic E-state index is 13.8. The molecule has 108 valence electrons. The number of halogens is 2. The second-order valence-electron chi connectivity index (χ2n) is 4.91. The van der Waals surface area contributed by atoms with Gasteiger partial charge in [0.1, 0.15) is 5.82 Å². The van der Waals surface area contributed by atoms with Crippen LogP contribution in [0.3, 0.4) is 0 Å². The van der Waals surface area contributed by atoms with Crippen molar-refractivity contribution in [3.8, 4) is 0 Å². The minimum Gasteiger partial charge on any atom is -0.310 e. The summed E-state index contributed by atoms with van der Waals surface area (Å²) in [5.74, 6) is -0.129. The molecule has 1 unspecified atom stereocenters. The molecule has 1 aromatic carbocycles. The van der Waals surface area contributed by atoms with Gasteiger partial charge in [-0.1, -0.05) is 19.1 Å². The Morgan fingerprint density at radius 2 is 2.15 bits per heavy atom. The molecule has 20 heavy (non-hydrogen) atoms. The predicted octanol–water partition coefficient (Wildman–Crippen LogP) is 5.24. The van der Waals surface area contributed by atoms with E-state index in [4.69, 9.17) is 0 Å². The van der Waals surface area contributed by atoms with Crippen molar-refractivity contribution < 1.29 is 4.39 Å². The number of nitrogens with one attached hydrogen (secondary N) is 1. The van der Waals surface area contributed by atoms with Crippen molar-refractivity contribution in [3.63, 3.8) is 0 Å². The zero-order valence-corrected chi connectivity index (χ0v) is 14.2. The second kappa shape index (κ2) is 7.34. The summed E-state index contributed by atoms with van der Waals surface area (Å²) in [4.78, 5) is 1.29. The van der Waals surface area contributed by atoms with Crippen LogP contribution in [0, 0.1) is 12.7 Å². The molecule has 0 radical (unpaired) electrons. The van der Waals surface area contributed by atoms with Crippen molar-refractivity contribution in [1.82, 2.24) is 5.32 Å². The third kappa shape index (κ3) is 3.90. The molecule has 1 nitrogen and oxygen atoms in total. The number of benzene rings is 1. The fourth-order valence-electron chi connectivity index (χ4n) is 2.11. The van der Waals surface area contributed by atoms with Crippen LogP contribution in [0.25, 0.3) is 0 Å². The van der Waals surface area contributed by atoms with E-state index in [1.807, 2.05) is 12.1 Å². The fourth-order valence-corrected chi connectivity index (χ4v) is 3.67. The molecule has 0 amide bonds. The van der Waals surface area contributed by atoms with Gasteiger partial charge in [-0.2, -0.15) is 0 Å². The van der Waals surface area contributed by atoms with Crippen LogP contribution in [0.5, 0.6) is 0 Å². The van der Waals surface area contributed by atoms with Crippen LogP contribution in [0.15, 0.2) is 34.1 Å². The highest BCUT2D eigenvalue weighted by atomic mass is 79.9. The van der Waals surface area contributed by atoms with E-state index in [0.29, 0.717) is 5.56 Å². The van der Waals surface area contributed by atoms with Gasteiger partial charge in [0.2, 0.25) is 0 Å². The molecule has 1 atom stereocenters. The van der Waals surface area contributed by atoms with E-state index in [-0.39, 0.29) is 11.9 Å². The van der Waals surface area contributed by atoms with E-state index in [2.05, 4.69) is 39.6 Å². The summed E-state index contributed by atoms with van der Waals surface area (Å²) >= 11 is 5.30. The van der Waals surface area contributed by atoms with E-state index in [9.17, 15) is 4.39 Å². The van der Waals surface area contributed by atoms with Gasteiger partial charge < -0.3 is 5.32 Å². The molecule has 4 heteroatoms. The summed E-state index contributed by atoms with van der Waals surface area (Å²) in [6, 6.07) is 7.75. The third-order valence-corrected chi connectivity index (χ3v) is 5.27. The summed E-state index contributed by atoms with van der Waals surface area (Å²) in [6.45, 7) is 4.87. The Labute approximate surface area is 132 Å². The van der Waals surface area contributed by atoms with Crippen LogP contribution < -0.4 is 5.32 Å². The highest BCUT2D eigenvalue weighted by Crippen LogP contribution is 2.29. The molecule has 1 heterocycles. The lowest BCUT2D eigenvalue weighted by Crippen LogP contribution is -2.24. The van der Waals surface area contributed by atoms with E-state index >= 15 is 0 Å². The van der Waals surface area contributed by atoms with E-state index in [1.165, 1.54) is 4.88 Å². The molecule has 0 fully saturated rings. The van der Waals surface area contributed by atoms with E-state index in [1.54, 1.807) is 24.3 Å². The minimum absolute atomic E-state index is 0.129. The number of hydrogen-bond acceptors (Lipinski definition) is 2. The Balaban J connectivity index is 2.22. The van der Waals surface area contributed by atoms with Crippen LogP contribution in [-0.4, -0.2) is 6.54 Å². The topological polar surface area (TPSA) is 12.0 Å². The summed E-state index contributed by atoms with van der Waals surface area (Å²) in [6.07, 6.45) is 1.94. The van der Waals surface area contributed by atoms with Crippen molar-refractivity contribution in [2.75, 3.05) is 6.54 Å². The summed E-state index contributed by atoms with van der Waals surface area (Å²) in [5.41, 5.74) is 1.71. The first kappa shape index (κ1) is 15.7. The largest absolute Gasteiger partial charge is 0.310 e. The molecule has 2 rings (SSSR count). The van der Waals surface area contributed by atoms with Crippen LogP contribution >= 0.6 is 27.3 Å². The Morgan fingerprint density at radius 1 is 1.35 bits per heavy atom. The van der Waals surface area contributed by atoms with Gasteiger partial charge in [0, 0.05) is 21.8 Å². The third-order valence-electron chi connectivity index (χ3n) is 3.32. The monoisotopic (exact) mass is 355 g/mol. The molecule has 0 bridgehead atoms. The van der Waals surface area contributed by atoms with Crippen LogP contribution in [0.4, 0.5) is 4.39 Å². The first-order chi connectivity index (χ1) is 9.61. The molecule has 0 aliphatic rings. The Kier molecular flexibility index (Phi) is 5.75. The smallest absolute Gasteiger partial charge is 0.126 e. The molecule has 0 aliphatic carbocycles. The summed E-state index contributed by atoms with van der Waals surface area (Å²) in [5, 5.41) is 5.59. The van der Waals surface area contributed by atoms with Crippen LogP contribution in [0.1, 0.15) is 35.4 Å². The number of hydrogen-bond donors (Lipinski definition) is 1. The maximum atomic E-state index is 13.8. The Morgan fingerprint density at radius 3 is 2.75 bits per heavy atom. The van der Waals surface area contributed by atoms with Crippen molar-refractivity contribution in [3.05, 3.63) is 55.9 Å². The molecule has 2 aromatic rings. The zero-order valence-electron chi connectivity index (χ0n) is 11.7. The summed E-state index contributed by atoms with van der Waals surface area (Å²) in [7, 11) is 0. The minimum atomic E-state index is -0.129. The molecule has 0 saturated heterocycles. The lowest BCUT2D eigenvalue weighted by molar-refractivity contribution is 0.525. The standard InChI is InChI=1S/C16H19BrFNS/c1-3-7-19-15(10-16-13(17)6-8-20-16)12-5-4-11(2)14(18)9-12/h4-6,8-9,15,19H,3,7,10H2,1-2H3. The molecule has 1 aromatic heterocycles. The average Bonchev–Trinajstić information content (AvgIpc) is 2.83. The lowest BCUT2D eigenvalue weighted by atomic mass is 10.0. The van der Waals surface area contributed by atoms with Gasteiger partial charge in [0.15, 0.2) is 0 Å². The van der Waals surface area contributed by atoms with Gasteiger partial charge in [-0.3, -0.25) is 0 Å². The fraction of sp³-hybridized carbons (Fsp3) is 0.375. The van der Waals surface area contributed by atoms with Gasteiger partial charge in [-0.05, 0) is 64.5 Å². The van der Waals surface area contributed by atoms with Crippen molar-refractivity contribution in [2.24, 2.45) is 0 Å². The van der Waals surface area contributed by atoms with Gasteiger partial charge in [0.25, 0.3) is 0 Å². The van der Waals surface area contributed by atoms with Gasteiger partial charge in [-0.15, -0.1) is 11.3 Å². The lowest BCUT2D eigenvalue weighted by Gasteiger charge is -2.19. The Bertz CT molecular complexity index is 567. The average molecular weight is 356 g/mol. The molecular formula is C16H19BrFNS. The number of thiophene rings is 1. The number of rotatable bonds is 6. The summed E-state index contributed by atoms with van der Waals surface area (Å²) < 4.78 is 14.9. The first-order valence-electron chi connectivity index (χ1n) is 6.83. The van der Waals surface area contributed by atoms with Gasteiger partial charge in [0.05, 0.1) is 0 Å². The highest BCUT2D eigenvalue weighted by molar-refractivity contribution is 9.10. The maximum Gasteiger partial charge on any atom is 0.126 e. The predicted molar refractivity (Wildman–Crippen MR) is 87.9 cm³/mol. The normalized spacial score (nSPS) is 12.6. The quantitative estimate of drug-likeness (QED) is 0.746. The molecule has 0 aliphatic heterocycles. The molecule has 0 spiro atoms. The van der Waals surface area contributed by atoms with Gasteiger partial charge >= 0.3 is 0 Å². The second-order valence-corrected chi connectivity index (χ2v) is 6.77. The van der Waals surface area contributed by atoms with E-state index in [0.717, 1.165) is 29.4 Å². The van der Waals surface area contributed by atoms with Crippen molar-refractivity contribution in [2.45, 2.75) is 32.7 Å². The van der Waals surface area contributed by atoms with Crippen LogP contribution in [0.2, 0.25) is 0 Å². The molecule has 1 N–H and O–H groups in total. The SMILES string of the molecule is CCCNC(Cc1sccc1Br)c1ccc(C)c(F)c1. The van der Waals surface area contributed by atoms with E-state index < -0.39 is 0 Å². The van der Waals surface area contributed by atoms with Crippen LogP contribution in [-0.2, 0) is 6.42 Å². The zero-order chi connectivity index (χ0) is 14.5. The first-order valence-corrected chi connectivity index (χ1v) is 8.50. The highest BCUT2D eigenvalue weighted by Gasteiger charge is 2.15. The van der Waals surface area contributed by atoms with Crippen molar-refractivity contribution in [1.29, 1.82) is 0 Å². The van der Waals surface area contributed by atoms with Gasteiger partial charge in [-0.25, -0.2) is 4.39 Å². The molecule has 0 saturated carbocycles. The van der Waals surface area contributed by atoms with Crippen molar-refractivity contribution >= 4 is 27.3 Å². The molecular weight excluding hydrogens is 337 g/mol.